The lowest BCUT2D eigenvalue weighted by atomic mass is 10.3. The summed E-state index contributed by atoms with van der Waals surface area (Å²) >= 11 is 8.58. The molecule has 84 valence electrons. The van der Waals surface area contributed by atoms with Crippen molar-refractivity contribution in [3.8, 4) is 0 Å². The second-order valence-electron chi connectivity index (χ2n) is 3.33. The Kier molecular flexibility index (Phi) is 3.78. The minimum Gasteiger partial charge on any atom is -0.361 e. The summed E-state index contributed by atoms with van der Waals surface area (Å²) in [6, 6.07) is 8.16. The maximum Gasteiger partial charge on any atom is 0.158 e. The molecule has 0 saturated heterocycles. The minimum atomic E-state index is 0.876. The van der Waals surface area contributed by atoms with Crippen LogP contribution >= 0.6 is 35.3 Å². The van der Waals surface area contributed by atoms with E-state index in [1.165, 1.54) is 4.70 Å². The van der Waals surface area contributed by atoms with Crippen LogP contribution in [0.25, 0.3) is 10.2 Å². The zero-order chi connectivity index (χ0) is 11.5. The van der Waals surface area contributed by atoms with E-state index in [4.69, 9.17) is 12.2 Å². The third-order valence-corrected chi connectivity index (χ3v) is 4.88. The van der Waals surface area contributed by atoms with Crippen molar-refractivity contribution in [3.05, 3.63) is 24.3 Å². The molecule has 0 saturated carbocycles. The number of thiocarbonyl (C=S) groups is 1. The second kappa shape index (κ2) is 5.12. The number of hydrogen-bond donors (Lipinski definition) is 0. The van der Waals surface area contributed by atoms with Crippen molar-refractivity contribution in [1.29, 1.82) is 0 Å². The van der Waals surface area contributed by atoms with Crippen LogP contribution in [0.3, 0.4) is 0 Å². The Morgan fingerprint density at radius 3 is 2.94 bits per heavy atom. The normalized spacial score (nSPS) is 10.6. The van der Waals surface area contributed by atoms with Crippen molar-refractivity contribution >= 4 is 49.9 Å². The van der Waals surface area contributed by atoms with Crippen LogP contribution in [0.2, 0.25) is 0 Å². The molecule has 2 nitrogen and oxygen atoms in total. The third-order valence-electron chi connectivity index (χ3n) is 2.23. The smallest absolute Gasteiger partial charge is 0.158 e. The molecule has 0 fully saturated rings. The molecule has 0 radical (unpaired) electrons. The van der Waals surface area contributed by atoms with Crippen LogP contribution < -0.4 is 0 Å². The quantitative estimate of drug-likeness (QED) is 0.610. The Morgan fingerprint density at radius 1 is 1.50 bits per heavy atom. The molecular weight excluding hydrogens is 256 g/mol. The van der Waals surface area contributed by atoms with Gasteiger partial charge in [-0.05, 0) is 30.8 Å². The standard InChI is InChI=1S/C11H12N2S3/c1-3-13(2)11(14)16-10-12-8-6-4-5-7-9(8)15-10/h4-7H,3H2,1-2H3. The Bertz CT molecular complexity index is 474. The van der Waals surface area contributed by atoms with E-state index in [-0.39, 0.29) is 0 Å². The number of thiazole rings is 1. The number of para-hydroxylation sites is 1. The topological polar surface area (TPSA) is 16.1 Å². The maximum absolute atomic E-state index is 5.32. The molecule has 0 unspecified atom stereocenters. The first-order valence-corrected chi connectivity index (χ1v) is 7.03. The van der Waals surface area contributed by atoms with Gasteiger partial charge >= 0.3 is 0 Å². The fourth-order valence-corrected chi connectivity index (χ4v) is 3.65. The van der Waals surface area contributed by atoms with Gasteiger partial charge in [0.05, 0.1) is 10.2 Å². The molecule has 0 amide bonds. The SMILES string of the molecule is CCN(C)C(=S)Sc1nc2ccccc2s1. The molecule has 16 heavy (non-hydrogen) atoms. The lowest BCUT2D eigenvalue weighted by molar-refractivity contribution is 0.555. The number of thioether (sulfide) groups is 1. The summed E-state index contributed by atoms with van der Waals surface area (Å²) in [7, 11) is 2.00. The van der Waals surface area contributed by atoms with Gasteiger partial charge in [-0.2, -0.15) is 0 Å². The van der Waals surface area contributed by atoms with E-state index < -0.39 is 0 Å². The van der Waals surface area contributed by atoms with Gasteiger partial charge in [-0.3, -0.25) is 0 Å². The van der Waals surface area contributed by atoms with Gasteiger partial charge in [0.15, 0.2) is 4.34 Å². The van der Waals surface area contributed by atoms with Crippen LogP contribution in [0.15, 0.2) is 28.6 Å². The largest absolute Gasteiger partial charge is 0.361 e. The predicted molar refractivity (Wildman–Crippen MR) is 76.4 cm³/mol. The molecule has 0 bridgehead atoms. The average molecular weight is 268 g/mol. The summed E-state index contributed by atoms with van der Waals surface area (Å²) in [5.74, 6) is 0. The molecule has 5 heteroatoms. The number of nitrogens with zero attached hydrogens (tertiary/aromatic N) is 2. The molecule has 2 rings (SSSR count). The third kappa shape index (κ3) is 2.53. The first kappa shape index (κ1) is 11.8. The van der Waals surface area contributed by atoms with Crippen LogP contribution in [0, 0.1) is 0 Å². The molecule has 0 N–H and O–H groups in total. The zero-order valence-electron chi connectivity index (χ0n) is 9.14. The lowest BCUT2D eigenvalue weighted by Gasteiger charge is -2.15. The van der Waals surface area contributed by atoms with Gasteiger partial charge in [-0.1, -0.05) is 24.4 Å². The van der Waals surface area contributed by atoms with Gasteiger partial charge in [0.25, 0.3) is 0 Å². The minimum absolute atomic E-state index is 0.876. The predicted octanol–water partition coefficient (Wildman–Crippen LogP) is 3.63. The average Bonchev–Trinajstić information content (AvgIpc) is 2.69. The summed E-state index contributed by atoms with van der Waals surface area (Å²) in [5.41, 5.74) is 1.05. The molecule has 0 aliphatic rings. The molecule has 2 aromatic rings. The molecule has 0 spiro atoms. The van der Waals surface area contributed by atoms with Gasteiger partial charge in [0.2, 0.25) is 0 Å². The molecular formula is C11H12N2S3. The van der Waals surface area contributed by atoms with Crippen LogP contribution in [0.4, 0.5) is 0 Å². The van der Waals surface area contributed by atoms with Crippen molar-refractivity contribution < 1.29 is 0 Å². The van der Waals surface area contributed by atoms with E-state index in [0.29, 0.717) is 0 Å². The molecule has 1 heterocycles. The Hall–Kier alpha value is -0.650. The maximum atomic E-state index is 5.32. The Balaban J connectivity index is 2.18. The highest BCUT2D eigenvalue weighted by Gasteiger charge is 2.09. The van der Waals surface area contributed by atoms with E-state index in [1.807, 2.05) is 30.1 Å². The molecule has 0 aliphatic heterocycles. The van der Waals surface area contributed by atoms with E-state index >= 15 is 0 Å². The van der Waals surface area contributed by atoms with Crippen LogP contribution in [-0.4, -0.2) is 27.8 Å². The van der Waals surface area contributed by atoms with Crippen molar-refractivity contribution in [2.24, 2.45) is 0 Å². The first-order chi connectivity index (χ1) is 7.70. The Morgan fingerprint density at radius 2 is 2.25 bits per heavy atom. The van der Waals surface area contributed by atoms with E-state index in [1.54, 1.807) is 23.1 Å². The monoisotopic (exact) mass is 268 g/mol. The highest BCUT2D eigenvalue weighted by atomic mass is 32.2. The molecule has 0 aliphatic carbocycles. The fraction of sp³-hybridized carbons (Fsp3) is 0.273. The van der Waals surface area contributed by atoms with E-state index in [9.17, 15) is 0 Å². The van der Waals surface area contributed by atoms with Crippen molar-refractivity contribution in [2.75, 3.05) is 13.6 Å². The van der Waals surface area contributed by atoms with Crippen LogP contribution in [0.5, 0.6) is 0 Å². The Labute approximate surface area is 109 Å². The van der Waals surface area contributed by atoms with E-state index in [2.05, 4.69) is 18.0 Å². The lowest BCUT2D eigenvalue weighted by Crippen LogP contribution is -2.21. The summed E-state index contributed by atoms with van der Waals surface area (Å²) in [6.07, 6.45) is 0. The van der Waals surface area contributed by atoms with Crippen molar-refractivity contribution in [1.82, 2.24) is 9.88 Å². The van der Waals surface area contributed by atoms with Crippen LogP contribution in [-0.2, 0) is 0 Å². The van der Waals surface area contributed by atoms with E-state index in [0.717, 1.165) is 20.7 Å². The summed E-state index contributed by atoms with van der Waals surface area (Å²) in [4.78, 5) is 6.58. The van der Waals surface area contributed by atoms with Gasteiger partial charge in [0, 0.05) is 13.6 Å². The summed E-state index contributed by atoms with van der Waals surface area (Å²) in [5, 5.41) is 0. The molecule has 1 aromatic heterocycles. The number of aromatic nitrogens is 1. The summed E-state index contributed by atoms with van der Waals surface area (Å²) in [6.45, 7) is 3.02. The van der Waals surface area contributed by atoms with Crippen LogP contribution in [0.1, 0.15) is 6.92 Å². The van der Waals surface area contributed by atoms with Crippen molar-refractivity contribution in [3.63, 3.8) is 0 Å². The highest BCUT2D eigenvalue weighted by Crippen LogP contribution is 2.30. The van der Waals surface area contributed by atoms with Gasteiger partial charge < -0.3 is 4.90 Å². The number of fused-ring (bicyclic) bond motifs is 1. The van der Waals surface area contributed by atoms with Crippen molar-refractivity contribution in [2.45, 2.75) is 11.3 Å². The first-order valence-electron chi connectivity index (χ1n) is 4.99. The van der Waals surface area contributed by atoms with Gasteiger partial charge in [-0.25, -0.2) is 4.98 Å². The number of hydrogen-bond acceptors (Lipinski definition) is 4. The molecule has 0 atom stereocenters. The fourth-order valence-electron chi connectivity index (χ4n) is 1.18. The molecule has 1 aromatic carbocycles. The second-order valence-corrected chi connectivity index (χ2v) is 6.24. The highest BCUT2D eigenvalue weighted by molar-refractivity contribution is 8.23. The van der Waals surface area contributed by atoms with Gasteiger partial charge in [-0.15, -0.1) is 11.3 Å². The summed E-state index contributed by atoms with van der Waals surface area (Å²) < 4.78 is 3.11. The number of benzene rings is 1. The zero-order valence-corrected chi connectivity index (χ0v) is 11.6. The number of rotatable bonds is 2. The van der Waals surface area contributed by atoms with Gasteiger partial charge in [0.1, 0.15) is 4.32 Å².